The number of hydrogen-bond acceptors (Lipinski definition) is 2. The third-order valence-corrected chi connectivity index (χ3v) is 4.44. The molecule has 0 bridgehead atoms. The van der Waals surface area contributed by atoms with Crippen LogP contribution < -0.4 is 0 Å². The quantitative estimate of drug-likeness (QED) is 0.547. The average Bonchev–Trinajstić information content (AvgIpc) is 2.83. The fourth-order valence-corrected chi connectivity index (χ4v) is 3.00. The van der Waals surface area contributed by atoms with Crippen molar-refractivity contribution in [2.24, 2.45) is 11.7 Å². The normalized spacial score (nSPS) is 16.5. The van der Waals surface area contributed by atoms with Crippen molar-refractivity contribution in [1.29, 1.82) is 0 Å². The van der Waals surface area contributed by atoms with E-state index in [2.05, 4.69) is 66.1 Å². The van der Waals surface area contributed by atoms with Gasteiger partial charge in [-0.1, -0.05) is 41.7 Å². The zero-order chi connectivity index (χ0) is 15.9. The molecule has 0 aromatic carbocycles. The van der Waals surface area contributed by atoms with Gasteiger partial charge in [-0.15, -0.1) is 0 Å². The molecule has 1 aromatic rings. The molecule has 0 N–H and O–H groups in total. The molecule has 22 heavy (non-hydrogen) atoms. The number of nitrogens with zero attached hydrogens (tertiary/aromatic N) is 2. The summed E-state index contributed by atoms with van der Waals surface area (Å²) in [5, 5.41) is 0. The monoisotopic (exact) mass is 308 g/mol. The summed E-state index contributed by atoms with van der Waals surface area (Å²) in [6.07, 6.45) is 13.1. The Hall–Kier alpha value is -2.10. The highest BCUT2D eigenvalue weighted by molar-refractivity contribution is 7.43. The first-order valence-electron chi connectivity index (χ1n) is 7.35. The van der Waals surface area contributed by atoms with Gasteiger partial charge in [0.25, 0.3) is 0 Å². The minimum Gasteiger partial charge on any atom is -0.256 e. The zero-order valence-corrected chi connectivity index (χ0v) is 14.5. The third-order valence-electron chi connectivity index (χ3n) is 3.31. The summed E-state index contributed by atoms with van der Waals surface area (Å²) in [5.41, 5.74) is 5.42. The Kier molecular flexibility index (Phi) is 5.75. The molecule has 0 spiro atoms. The highest BCUT2D eigenvalue weighted by Crippen LogP contribution is 2.20. The minimum absolute atomic E-state index is 0.341. The second-order valence-corrected chi connectivity index (χ2v) is 6.89. The van der Waals surface area contributed by atoms with Gasteiger partial charge in [0.1, 0.15) is 0 Å². The number of aryl methyl sites for hydroxylation is 1. The molecule has 1 aromatic heterocycles. The molecular formula is C19H21N2P. The van der Waals surface area contributed by atoms with Gasteiger partial charge in [-0.2, -0.15) is 0 Å². The van der Waals surface area contributed by atoms with Crippen LogP contribution in [0.25, 0.3) is 0 Å². The SMILES string of the molecule is C/C=C(C#Cc1cnp(C)c1)/C=N\C1=CCC=C(C)C=C1C. The van der Waals surface area contributed by atoms with Crippen LogP contribution in [-0.2, 0) is 6.66 Å². The Labute approximate surface area is 134 Å². The van der Waals surface area contributed by atoms with Crippen molar-refractivity contribution in [2.75, 3.05) is 0 Å². The van der Waals surface area contributed by atoms with E-state index in [4.69, 9.17) is 0 Å². The van der Waals surface area contributed by atoms with Gasteiger partial charge in [0, 0.05) is 23.5 Å². The van der Waals surface area contributed by atoms with Crippen LogP contribution in [0.5, 0.6) is 0 Å². The molecule has 0 amide bonds. The summed E-state index contributed by atoms with van der Waals surface area (Å²) < 4.78 is 4.34. The van der Waals surface area contributed by atoms with Crippen molar-refractivity contribution in [3.8, 4) is 11.8 Å². The molecule has 3 heteroatoms. The van der Waals surface area contributed by atoms with Crippen molar-refractivity contribution in [2.45, 2.75) is 27.2 Å². The van der Waals surface area contributed by atoms with Gasteiger partial charge in [-0.05, 0) is 52.9 Å². The molecule has 1 aliphatic carbocycles. The Morgan fingerprint density at radius 1 is 1.36 bits per heavy atom. The lowest BCUT2D eigenvalue weighted by Gasteiger charge is -2.00. The largest absolute Gasteiger partial charge is 0.256 e. The molecule has 2 rings (SSSR count). The second-order valence-electron chi connectivity index (χ2n) is 5.26. The first-order chi connectivity index (χ1) is 10.6. The highest BCUT2D eigenvalue weighted by Gasteiger charge is 2.01. The smallest absolute Gasteiger partial charge is 0.0622 e. The summed E-state index contributed by atoms with van der Waals surface area (Å²) in [5.74, 6) is 8.45. The van der Waals surface area contributed by atoms with Crippen LogP contribution in [0.3, 0.4) is 0 Å². The standard InChI is InChI=1S/C19H21N2P/c1-5-17(9-10-18-13-21-22(4)14-18)12-20-19-8-6-7-15(2)11-16(19)3/h5,7-8,11-14H,6H2,1-4H3/b17-5+,20-12-. The molecule has 1 aliphatic rings. The van der Waals surface area contributed by atoms with Crippen LogP contribution in [0.1, 0.15) is 32.8 Å². The van der Waals surface area contributed by atoms with E-state index < -0.39 is 0 Å². The lowest BCUT2D eigenvalue weighted by atomic mass is 10.1. The summed E-state index contributed by atoms with van der Waals surface area (Å²) >= 11 is 0. The predicted octanol–water partition coefficient (Wildman–Crippen LogP) is 5.15. The van der Waals surface area contributed by atoms with Gasteiger partial charge < -0.3 is 0 Å². The Balaban J connectivity index is 2.13. The maximum atomic E-state index is 4.60. The second kappa shape index (κ2) is 7.78. The summed E-state index contributed by atoms with van der Waals surface area (Å²) in [7, 11) is -0.341. The first-order valence-corrected chi connectivity index (χ1v) is 9.16. The maximum Gasteiger partial charge on any atom is 0.0622 e. The number of allylic oxidation sites excluding steroid dienone is 7. The topological polar surface area (TPSA) is 25.2 Å². The molecule has 0 saturated heterocycles. The minimum atomic E-state index is -0.341. The van der Waals surface area contributed by atoms with Gasteiger partial charge >= 0.3 is 0 Å². The molecule has 2 nitrogen and oxygen atoms in total. The molecular weight excluding hydrogens is 287 g/mol. The van der Waals surface area contributed by atoms with E-state index >= 15 is 0 Å². The fourth-order valence-electron chi connectivity index (χ4n) is 2.09. The van der Waals surface area contributed by atoms with E-state index in [1.807, 2.05) is 25.4 Å². The summed E-state index contributed by atoms with van der Waals surface area (Å²) in [4.78, 5) is 4.60. The maximum absolute atomic E-state index is 4.60. The Morgan fingerprint density at radius 2 is 2.18 bits per heavy atom. The molecule has 0 saturated carbocycles. The van der Waals surface area contributed by atoms with Crippen LogP contribution in [-0.4, -0.2) is 11.0 Å². The van der Waals surface area contributed by atoms with Crippen molar-refractivity contribution in [1.82, 2.24) is 4.75 Å². The Bertz CT molecular complexity index is 759. The van der Waals surface area contributed by atoms with Crippen molar-refractivity contribution in [3.05, 3.63) is 64.3 Å². The lowest BCUT2D eigenvalue weighted by molar-refractivity contribution is 1.25. The molecule has 0 radical (unpaired) electrons. The van der Waals surface area contributed by atoms with E-state index in [1.165, 1.54) is 11.1 Å². The highest BCUT2D eigenvalue weighted by atomic mass is 31.1. The zero-order valence-electron chi connectivity index (χ0n) is 13.6. The van der Waals surface area contributed by atoms with E-state index in [9.17, 15) is 0 Å². The Morgan fingerprint density at radius 3 is 2.86 bits per heavy atom. The van der Waals surface area contributed by atoms with Crippen LogP contribution in [0.2, 0.25) is 0 Å². The van der Waals surface area contributed by atoms with E-state index in [0.29, 0.717) is 0 Å². The van der Waals surface area contributed by atoms with Crippen LogP contribution in [0.15, 0.2) is 63.7 Å². The van der Waals surface area contributed by atoms with Gasteiger partial charge in [0.2, 0.25) is 0 Å². The van der Waals surface area contributed by atoms with Crippen LogP contribution >= 0.6 is 7.69 Å². The van der Waals surface area contributed by atoms with E-state index in [0.717, 1.165) is 23.3 Å². The van der Waals surface area contributed by atoms with Crippen LogP contribution in [0.4, 0.5) is 0 Å². The molecule has 1 atom stereocenters. The lowest BCUT2D eigenvalue weighted by Crippen LogP contribution is -1.86. The van der Waals surface area contributed by atoms with Gasteiger partial charge in [-0.25, -0.2) is 4.75 Å². The molecule has 0 fully saturated rings. The number of aromatic nitrogens is 1. The molecule has 1 heterocycles. The number of hydrogen-bond donors (Lipinski definition) is 0. The fraction of sp³-hybridized carbons (Fsp3) is 0.263. The van der Waals surface area contributed by atoms with E-state index in [-0.39, 0.29) is 7.69 Å². The number of rotatable bonds is 2. The summed E-state index contributed by atoms with van der Waals surface area (Å²) in [6, 6.07) is 0. The van der Waals surface area contributed by atoms with Gasteiger partial charge in [0.15, 0.2) is 0 Å². The first kappa shape index (κ1) is 16.3. The van der Waals surface area contributed by atoms with Gasteiger partial charge in [-0.3, -0.25) is 4.99 Å². The summed E-state index contributed by atoms with van der Waals surface area (Å²) in [6.45, 7) is 8.31. The van der Waals surface area contributed by atoms with Crippen molar-refractivity contribution >= 4 is 13.9 Å². The number of aliphatic imine (C=N–C) groups is 1. The average molecular weight is 308 g/mol. The molecule has 1 unspecified atom stereocenters. The van der Waals surface area contributed by atoms with Gasteiger partial charge in [0.05, 0.1) is 5.70 Å². The van der Waals surface area contributed by atoms with Crippen molar-refractivity contribution in [3.63, 3.8) is 0 Å². The predicted molar refractivity (Wildman–Crippen MR) is 97.3 cm³/mol. The molecule has 112 valence electrons. The van der Waals surface area contributed by atoms with E-state index in [1.54, 1.807) is 0 Å². The van der Waals surface area contributed by atoms with Crippen LogP contribution in [0, 0.1) is 11.8 Å². The third kappa shape index (κ3) is 4.72. The van der Waals surface area contributed by atoms with Crippen molar-refractivity contribution < 1.29 is 0 Å². The molecule has 0 aliphatic heterocycles.